The zero-order valence-corrected chi connectivity index (χ0v) is 19.2. The van der Waals surface area contributed by atoms with Gasteiger partial charge in [0.1, 0.15) is 12.4 Å². The lowest BCUT2D eigenvalue weighted by Crippen LogP contribution is -2.22. The average molecular weight is 511 g/mol. The summed E-state index contributed by atoms with van der Waals surface area (Å²) >= 11 is 4.91. The van der Waals surface area contributed by atoms with Crippen molar-refractivity contribution >= 4 is 49.3 Å². The van der Waals surface area contributed by atoms with Gasteiger partial charge in [-0.25, -0.2) is 13.8 Å². The zero-order valence-electron chi connectivity index (χ0n) is 16.8. The molecule has 0 saturated carbocycles. The molecule has 3 aromatic carbocycles. The zero-order chi connectivity index (χ0) is 22.2. The van der Waals surface area contributed by atoms with E-state index < -0.39 is 0 Å². The van der Waals surface area contributed by atoms with Crippen LogP contribution in [0.3, 0.4) is 0 Å². The van der Waals surface area contributed by atoms with Crippen LogP contribution in [0.4, 0.5) is 4.39 Å². The molecule has 0 aliphatic heterocycles. The average Bonchev–Trinajstić information content (AvgIpc) is 3.31. The molecule has 160 valence electrons. The van der Waals surface area contributed by atoms with Gasteiger partial charge in [-0.15, -0.1) is 0 Å². The fourth-order valence-corrected chi connectivity index (χ4v) is 4.84. The molecular weight excluding hydrogens is 495 g/mol. The van der Waals surface area contributed by atoms with Gasteiger partial charge in [-0.1, -0.05) is 51.5 Å². The molecule has 2 aromatic heterocycles. The van der Waals surface area contributed by atoms with Gasteiger partial charge in [-0.05, 0) is 53.6 Å². The molecule has 0 atom stereocenters. The van der Waals surface area contributed by atoms with Gasteiger partial charge in [0.2, 0.25) is 0 Å². The quantitative estimate of drug-likeness (QED) is 0.335. The molecule has 0 unspecified atom stereocenters. The van der Waals surface area contributed by atoms with Crippen molar-refractivity contribution in [1.29, 1.82) is 0 Å². The first-order valence-corrected chi connectivity index (χ1v) is 11.3. The molecule has 0 aliphatic rings. The Balaban J connectivity index is 1.51. The Morgan fingerprint density at radius 3 is 2.69 bits per heavy atom. The largest absolute Gasteiger partial charge is 0.493 e. The minimum atomic E-state index is -0.291. The molecule has 32 heavy (non-hydrogen) atoms. The van der Waals surface area contributed by atoms with Crippen molar-refractivity contribution in [1.82, 2.24) is 9.38 Å². The van der Waals surface area contributed by atoms with E-state index in [4.69, 9.17) is 9.47 Å². The van der Waals surface area contributed by atoms with Crippen molar-refractivity contribution in [3.8, 4) is 11.5 Å². The minimum absolute atomic E-state index is 0.110. The normalized spacial score (nSPS) is 12.0. The van der Waals surface area contributed by atoms with Crippen molar-refractivity contribution in [3.05, 3.63) is 97.0 Å². The van der Waals surface area contributed by atoms with Gasteiger partial charge in [0.05, 0.1) is 22.7 Å². The molecule has 0 bridgehead atoms. The molecule has 0 spiro atoms. The van der Waals surface area contributed by atoms with Crippen LogP contribution in [-0.2, 0) is 6.61 Å². The van der Waals surface area contributed by atoms with Crippen LogP contribution < -0.4 is 19.6 Å². The second kappa shape index (κ2) is 8.37. The number of halogens is 2. The summed E-state index contributed by atoms with van der Waals surface area (Å²) in [6, 6.07) is 17.3. The number of nitrogens with zero attached hydrogens (tertiary/aromatic N) is 2. The summed E-state index contributed by atoms with van der Waals surface area (Å²) in [6.07, 6.45) is 1.81. The Bertz CT molecular complexity index is 1560. The number of benzene rings is 3. The van der Waals surface area contributed by atoms with Gasteiger partial charge >= 0.3 is 0 Å². The molecule has 0 N–H and O–H groups in total. The molecular formula is C24H16BrFN2O3S. The summed E-state index contributed by atoms with van der Waals surface area (Å²) in [5, 5.41) is 0. The summed E-state index contributed by atoms with van der Waals surface area (Å²) in [7, 11) is 1.56. The number of methoxy groups -OCH3 is 1. The Labute approximate surface area is 194 Å². The summed E-state index contributed by atoms with van der Waals surface area (Å²) in [5.74, 6) is 0.775. The Kier molecular flexibility index (Phi) is 5.40. The lowest BCUT2D eigenvalue weighted by atomic mass is 10.2. The van der Waals surface area contributed by atoms with E-state index in [0.717, 1.165) is 26.6 Å². The SMILES string of the molecule is COc1cc(/C=c2\sc3nc4ccccc4n3c2=O)c(Br)cc1OCc1ccc(F)cc1. The maximum atomic E-state index is 13.1. The second-order valence-electron chi connectivity index (χ2n) is 7.07. The molecule has 0 saturated heterocycles. The smallest absolute Gasteiger partial charge is 0.274 e. The number of thiazole rings is 1. The summed E-state index contributed by atoms with van der Waals surface area (Å²) in [4.78, 5) is 18.2. The third-order valence-corrected chi connectivity index (χ3v) is 6.68. The third-order valence-electron chi connectivity index (χ3n) is 5.02. The molecule has 0 amide bonds. The number of ether oxygens (including phenoxy) is 2. The number of para-hydroxylation sites is 2. The highest BCUT2D eigenvalue weighted by molar-refractivity contribution is 9.10. The van der Waals surface area contributed by atoms with E-state index in [1.54, 1.807) is 29.7 Å². The molecule has 0 radical (unpaired) electrons. The maximum absolute atomic E-state index is 13.1. The van der Waals surface area contributed by atoms with Crippen LogP contribution >= 0.6 is 27.3 Å². The van der Waals surface area contributed by atoms with E-state index in [1.165, 1.54) is 23.5 Å². The topological polar surface area (TPSA) is 52.8 Å². The van der Waals surface area contributed by atoms with Gasteiger partial charge in [0.15, 0.2) is 16.5 Å². The highest BCUT2D eigenvalue weighted by atomic mass is 79.9. The number of hydrogen-bond donors (Lipinski definition) is 0. The van der Waals surface area contributed by atoms with Crippen LogP contribution in [0.25, 0.3) is 22.1 Å². The van der Waals surface area contributed by atoms with E-state index >= 15 is 0 Å². The third kappa shape index (κ3) is 3.76. The molecule has 8 heteroatoms. The molecule has 0 aliphatic carbocycles. The Hall–Kier alpha value is -3.23. The van der Waals surface area contributed by atoms with Crippen LogP contribution in [0.1, 0.15) is 11.1 Å². The minimum Gasteiger partial charge on any atom is -0.493 e. The summed E-state index contributed by atoms with van der Waals surface area (Å²) < 4.78 is 27.4. The van der Waals surface area contributed by atoms with Crippen molar-refractivity contribution in [2.45, 2.75) is 6.61 Å². The number of fused-ring (bicyclic) bond motifs is 3. The summed E-state index contributed by atoms with van der Waals surface area (Å²) in [5.41, 5.74) is 3.10. The maximum Gasteiger partial charge on any atom is 0.274 e. The Morgan fingerprint density at radius 1 is 1.12 bits per heavy atom. The Morgan fingerprint density at radius 2 is 1.91 bits per heavy atom. The van der Waals surface area contributed by atoms with Crippen molar-refractivity contribution in [2.24, 2.45) is 0 Å². The molecule has 5 rings (SSSR count). The van der Waals surface area contributed by atoms with Crippen LogP contribution in [-0.4, -0.2) is 16.5 Å². The van der Waals surface area contributed by atoms with Crippen molar-refractivity contribution in [3.63, 3.8) is 0 Å². The molecule has 0 fully saturated rings. The standard InChI is InChI=1S/C24H16BrFN2O3S/c1-30-20-10-15(17(25)12-21(20)31-13-14-6-8-16(26)9-7-14)11-22-23(29)28-19-5-3-2-4-18(19)27-24(28)32-22/h2-12H,13H2,1H3/b22-11-. The molecule has 2 heterocycles. The van der Waals surface area contributed by atoms with Crippen LogP contribution in [0.2, 0.25) is 0 Å². The van der Waals surface area contributed by atoms with E-state index in [1.807, 2.05) is 36.4 Å². The lowest BCUT2D eigenvalue weighted by molar-refractivity contribution is 0.284. The highest BCUT2D eigenvalue weighted by Crippen LogP contribution is 2.34. The number of hydrogen-bond acceptors (Lipinski definition) is 5. The monoisotopic (exact) mass is 510 g/mol. The van der Waals surface area contributed by atoms with Gasteiger partial charge in [-0.3, -0.25) is 4.79 Å². The van der Waals surface area contributed by atoms with E-state index in [2.05, 4.69) is 20.9 Å². The van der Waals surface area contributed by atoms with Gasteiger partial charge < -0.3 is 9.47 Å². The van der Waals surface area contributed by atoms with Crippen molar-refractivity contribution < 1.29 is 13.9 Å². The number of imidazole rings is 1. The van der Waals surface area contributed by atoms with E-state index in [9.17, 15) is 9.18 Å². The van der Waals surface area contributed by atoms with Gasteiger partial charge in [0, 0.05) is 4.47 Å². The number of aromatic nitrogens is 2. The van der Waals surface area contributed by atoms with Crippen LogP contribution in [0.15, 0.2) is 69.9 Å². The van der Waals surface area contributed by atoms with E-state index in [0.29, 0.717) is 21.0 Å². The fraction of sp³-hybridized carbons (Fsp3) is 0.0833. The fourth-order valence-electron chi connectivity index (χ4n) is 3.43. The van der Waals surface area contributed by atoms with Gasteiger partial charge in [-0.2, -0.15) is 0 Å². The first-order chi connectivity index (χ1) is 15.5. The first kappa shape index (κ1) is 20.7. The molecule has 5 nitrogen and oxygen atoms in total. The van der Waals surface area contributed by atoms with E-state index in [-0.39, 0.29) is 18.0 Å². The number of rotatable bonds is 5. The predicted octanol–water partition coefficient (Wildman–Crippen LogP) is 4.95. The molecule has 5 aromatic rings. The van der Waals surface area contributed by atoms with Crippen molar-refractivity contribution in [2.75, 3.05) is 7.11 Å². The van der Waals surface area contributed by atoms with Crippen LogP contribution in [0.5, 0.6) is 11.5 Å². The highest BCUT2D eigenvalue weighted by Gasteiger charge is 2.13. The van der Waals surface area contributed by atoms with Crippen LogP contribution in [0, 0.1) is 5.82 Å². The lowest BCUT2D eigenvalue weighted by Gasteiger charge is -2.13. The second-order valence-corrected chi connectivity index (χ2v) is 8.94. The first-order valence-electron chi connectivity index (χ1n) is 9.70. The predicted molar refractivity (Wildman–Crippen MR) is 127 cm³/mol. The summed E-state index contributed by atoms with van der Waals surface area (Å²) in [6.45, 7) is 0.270. The van der Waals surface area contributed by atoms with Gasteiger partial charge in [0.25, 0.3) is 5.56 Å².